The van der Waals surface area contributed by atoms with Gasteiger partial charge in [0.15, 0.2) is 5.69 Å². The predicted molar refractivity (Wildman–Crippen MR) is 47.2 cm³/mol. The smallest absolute Gasteiger partial charge is 0.358 e. The molecule has 0 aliphatic heterocycles. The van der Waals surface area contributed by atoms with Crippen LogP contribution in [0, 0.1) is 0 Å². The van der Waals surface area contributed by atoms with Gasteiger partial charge in [0.05, 0.1) is 13.3 Å². The van der Waals surface area contributed by atoms with E-state index in [0.29, 0.717) is 8.58 Å². The van der Waals surface area contributed by atoms with Crippen molar-refractivity contribution in [3.63, 3.8) is 0 Å². The average molecular weight is 184 g/mol. The van der Waals surface area contributed by atoms with Crippen molar-refractivity contribution in [2.75, 3.05) is 13.8 Å². The van der Waals surface area contributed by atoms with E-state index in [0.717, 1.165) is 5.30 Å². The summed E-state index contributed by atoms with van der Waals surface area (Å²) < 4.78 is 4.50. The van der Waals surface area contributed by atoms with Crippen LogP contribution in [0.4, 0.5) is 0 Å². The van der Waals surface area contributed by atoms with E-state index in [9.17, 15) is 4.79 Å². The van der Waals surface area contributed by atoms with E-state index in [1.807, 2.05) is 6.66 Å². The third-order valence-corrected chi connectivity index (χ3v) is 2.19. The second-order valence-electron chi connectivity index (χ2n) is 2.07. The Labute approximate surface area is 72.1 Å². The van der Waals surface area contributed by atoms with Gasteiger partial charge in [0.25, 0.3) is 0 Å². The van der Waals surface area contributed by atoms with Crippen LogP contribution in [0.3, 0.4) is 0 Å². The molecule has 0 aliphatic rings. The number of methoxy groups -OCH3 is 1. The van der Waals surface area contributed by atoms with Crippen LogP contribution in [0.2, 0.25) is 0 Å². The summed E-state index contributed by atoms with van der Waals surface area (Å²) in [6, 6.07) is 1.69. The lowest BCUT2D eigenvalue weighted by atomic mass is 10.4. The van der Waals surface area contributed by atoms with Gasteiger partial charge in [-0.2, -0.15) is 5.10 Å². The van der Waals surface area contributed by atoms with Crippen LogP contribution in [0.5, 0.6) is 0 Å². The molecule has 12 heavy (non-hydrogen) atoms. The highest BCUT2D eigenvalue weighted by Crippen LogP contribution is 2.02. The van der Waals surface area contributed by atoms with Gasteiger partial charge in [0.1, 0.15) is 0 Å². The molecule has 0 radical (unpaired) electrons. The maximum atomic E-state index is 11.0. The standard InChI is InChI=1S/C7H9N2O2P/c1-11-7(10)6-3-5(12-2)4-8-9-6/h3-4,12H,1-2H3. The molecule has 1 aromatic heterocycles. The average Bonchev–Trinajstić information content (AvgIpc) is 2.17. The lowest BCUT2D eigenvalue weighted by Gasteiger charge is -1.98. The molecule has 0 saturated heterocycles. The Morgan fingerprint density at radius 1 is 1.67 bits per heavy atom. The van der Waals surface area contributed by atoms with Crippen LogP contribution in [-0.2, 0) is 4.74 Å². The molecule has 5 heteroatoms. The fraction of sp³-hybridized carbons (Fsp3) is 0.286. The van der Waals surface area contributed by atoms with E-state index in [4.69, 9.17) is 0 Å². The zero-order valence-corrected chi connectivity index (χ0v) is 7.87. The first-order valence-corrected chi connectivity index (χ1v) is 4.86. The second kappa shape index (κ2) is 4.12. The highest BCUT2D eigenvalue weighted by atomic mass is 31.1. The van der Waals surface area contributed by atoms with Gasteiger partial charge in [-0.05, 0) is 18.0 Å². The van der Waals surface area contributed by atoms with Gasteiger partial charge in [-0.15, -0.1) is 5.10 Å². The van der Waals surface area contributed by atoms with Crippen molar-refractivity contribution >= 4 is 19.9 Å². The fourth-order valence-corrected chi connectivity index (χ4v) is 1.18. The number of ether oxygens (including phenoxy) is 1. The highest BCUT2D eigenvalue weighted by Gasteiger charge is 2.07. The van der Waals surface area contributed by atoms with Gasteiger partial charge < -0.3 is 4.74 Å². The van der Waals surface area contributed by atoms with Crippen LogP contribution < -0.4 is 5.30 Å². The van der Waals surface area contributed by atoms with Crippen LogP contribution >= 0.6 is 8.58 Å². The maximum absolute atomic E-state index is 11.0. The molecule has 0 N–H and O–H groups in total. The largest absolute Gasteiger partial charge is 0.464 e. The molecule has 1 atom stereocenters. The van der Waals surface area contributed by atoms with Crippen molar-refractivity contribution in [1.29, 1.82) is 0 Å². The molecule has 0 aromatic carbocycles. The predicted octanol–water partition coefficient (Wildman–Crippen LogP) is 0.197. The molecule has 1 aromatic rings. The Balaban J connectivity index is 2.93. The molecule has 0 bridgehead atoms. The number of carbonyl (C=O) groups is 1. The molecule has 0 fully saturated rings. The molecular weight excluding hydrogens is 175 g/mol. The zero-order valence-electron chi connectivity index (χ0n) is 6.87. The highest BCUT2D eigenvalue weighted by molar-refractivity contribution is 7.46. The Hall–Kier alpha value is -1.02. The minimum atomic E-state index is -0.442. The van der Waals surface area contributed by atoms with Gasteiger partial charge >= 0.3 is 5.97 Å². The molecule has 4 nitrogen and oxygen atoms in total. The SMILES string of the molecule is COC(=O)c1cc(PC)cnn1. The molecule has 1 rings (SSSR count). The summed E-state index contributed by atoms with van der Waals surface area (Å²) in [6.45, 7) is 2.01. The molecular formula is C7H9N2O2P. The first-order chi connectivity index (χ1) is 5.77. The maximum Gasteiger partial charge on any atom is 0.358 e. The Morgan fingerprint density at radius 3 is 3.00 bits per heavy atom. The van der Waals surface area contributed by atoms with E-state index < -0.39 is 5.97 Å². The molecule has 1 heterocycles. The summed E-state index contributed by atoms with van der Waals surface area (Å²) in [5.41, 5.74) is 0.268. The lowest BCUT2D eigenvalue weighted by molar-refractivity contribution is 0.0593. The van der Waals surface area contributed by atoms with Gasteiger partial charge in [-0.25, -0.2) is 4.79 Å². The topological polar surface area (TPSA) is 52.1 Å². The Bertz CT molecular complexity index is 290. The van der Waals surface area contributed by atoms with E-state index in [1.165, 1.54) is 7.11 Å². The second-order valence-corrected chi connectivity index (χ2v) is 3.15. The van der Waals surface area contributed by atoms with Crippen molar-refractivity contribution in [1.82, 2.24) is 10.2 Å². The molecule has 0 spiro atoms. The third-order valence-electron chi connectivity index (χ3n) is 1.34. The minimum Gasteiger partial charge on any atom is -0.464 e. The zero-order chi connectivity index (χ0) is 8.97. The van der Waals surface area contributed by atoms with E-state index in [2.05, 4.69) is 14.9 Å². The summed E-state index contributed by atoms with van der Waals surface area (Å²) in [5.74, 6) is -0.442. The monoisotopic (exact) mass is 184 g/mol. The van der Waals surface area contributed by atoms with Crippen LogP contribution in [0.25, 0.3) is 0 Å². The number of hydrogen-bond donors (Lipinski definition) is 0. The van der Waals surface area contributed by atoms with Crippen molar-refractivity contribution < 1.29 is 9.53 Å². The van der Waals surface area contributed by atoms with Gasteiger partial charge in [0, 0.05) is 0 Å². The molecule has 64 valence electrons. The van der Waals surface area contributed by atoms with Crippen molar-refractivity contribution in [3.8, 4) is 0 Å². The fourth-order valence-electron chi connectivity index (χ4n) is 0.708. The summed E-state index contributed by atoms with van der Waals surface area (Å²) >= 11 is 0. The van der Waals surface area contributed by atoms with Gasteiger partial charge in [-0.1, -0.05) is 8.58 Å². The Kier molecular flexibility index (Phi) is 3.11. The van der Waals surface area contributed by atoms with Gasteiger partial charge in [0.2, 0.25) is 0 Å². The molecule has 0 saturated carbocycles. The van der Waals surface area contributed by atoms with E-state index in [-0.39, 0.29) is 5.69 Å². The molecule has 0 aliphatic carbocycles. The van der Waals surface area contributed by atoms with Crippen LogP contribution in [0.15, 0.2) is 12.3 Å². The number of rotatable bonds is 2. The lowest BCUT2D eigenvalue weighted by Crippen LogP contribution is -2.09. The van der Waals surface area contributed by atoms with Crippen molar-refractivity contribution in [2.45, 2.75) is 0 Å². The summed E-state index contributed by atoms with van der Waals surface area (Å²) in [7, 11) is 1.93. The van der Waals surface area contributed by atoms with Crippen molar-refractivity contribution in [3.05, 3.63) is 18.0 Å². The quantitative estimate of drug-likeness (QED) is 0.486. The third kappa shape index (κ3) is 1.98. The number of hydrogen-bond acceptors (Lipinski definition) is 4. The summed E-state index contributed by atoms with van der Waals surface area (Å²) in [4.78, 5) is 11.0. The number of nitrogens with zero attached hydrogens (tertiary/aromatic N) is 2. The summed E-state index contributed by atoms with van der Waals surface area (Å²) in [6.07, 6.45) is 1.64. The number of aromatic nitrogens is 2. The summed E-state index contributed by atoms with van der Waals surface area (Å²) in [5, 5.41) is 8.32. The number of esters is 1. The molecule has 1 unspecified atom stereocenters. The number of carbonyl (C=O) groups excluding carboxylic acids is 1. The van der Waals surface area contributed by atoms with Crippen LogP contribution in [-0.4, -0.2) is 29.9 Å². The Morgan fingerprint density at radius 2 is 2.42 bits per heavy atom. The van der Waals surface area contributed by atoms with Crippen molar-refractivity contribution in [2.24, 2.45) is 0 Å². The normalized spacial score (nSPS) is 10.5. The first kappa shape index (κ1) is 9.07. The van der Waals surface area contributed by atoms with E-state index in [1.54, 1.807) is 12.3 Å². The van der Waals surface area contributed by atoms with Crippen LogP contribution in [0.1, 0.15) is 10.5 Å². The van der Waals surface area contributed by atoms with E-state index >= 15 is 0 Å². The minimum absolute atomic E-state index is 0.268. The first-order valence-electron chi connectivity index (χ1n) is 3.36. The molecule has 0 amide bonds. The van der Waals surface area contributed by atoms with Gasteiger partial charge in [-0.3, -0.25) is 0 Å².